The Morgan fingerprint density at radius 3 is 2.64 bits per heavy atom. The largest absolute Gasteiger partial charge is 0.341 e. The maximum atomic E-state index is 12.5. The average Bonchev–Trinajstić information content (AvgIpc) is 2.99. The Bertz CT molecular complexity index is 796. The predicted molar refractivity (Wildman–Crippen MR) is 109 cm³/mol. The fourth-order valence-corrected chi connectivity index (χ4v) is 3.29. The Hall–Kier alpha value is -2.96. The molecule has 1 aliphatic rings. The van der Waals surface area contributed by atoms with Crippen LogP contribution in [-0.4, -0.2) is 52.9 Å². The number of nitrogens with one attached hydrogen (secondary N) is 1. The Morgan fingerprint density at radius 2 is 1.86 bits per heavy atom. The van der Waals surface area contributed by atoms with Gasteiger partial charge in [-0.3, -0.25) is 9.59 Å². The molecule has 1 saturated heterocycles. The van der Waals surface area contributed by atoms with Crippen LogP contribution in [0.1, 0.15) is 31.7 Å². The number of hydrogen-bond donors (Lipinski definition) is 1. The standard InChI is InChI=1S/C21H27N5O2/c1-2-17-6-3-7-18(16-17)24-19(27)8-9-20(28)25-12-5-13-26(15-14-25)21-22-10-4-11-23-21/h3-4,6-7,10-11,16H,2,5,8-9,12-15H2,1H3,(H,24,27). The molecule has 0 aliphatic carbocycles. The summed E-state index contributed by atoms with van der Waals surface area (Å²) in [5.74, 6) is 0.592. The van der Waals surface area contributed by atoms with Crippen LogP contribution in [0.2, 0.25) is 0 Å². The molecule has 2 heterocycles. The number of benzene rings is 1. The molecule has 3 rings (SSSR count). The third kappa shape index (κ3) is 5.52. The van der Waals surface area contributed by atoms with Crippen LogP contribution in [0, 0.1) is 0 Å². The van der Waals surface area contributed by atoms with Gasteiger partial charge in [0.25, 0.3) is 0 Å². The van der Waals surface area contributed by atoms with Gasteiger partial charge in [0.15, 0.2) is 0 Å². The molecule has 7 nitrogen and oxygen atoms in total. The number of aryl methyl sites for hydroxylation is 1. The Kier molecular flexibility index (Phi) is 6.94. The van der Waals surface area contributed by atoms with Crippen LogP contribution in [0.3, 0.4) is 0 Å². The van der Waals surface area contributed by atoms with E-state index in [9.17, 15) is 9.59 Å². The fraction of sp³-hybridized carbons (Fsp3) is 0.429. The molecule has 7 heteroatoms. The Morgan fingerprint density at radius 1 is 1.04 bits per heavy atom. The molecule has 1 N–H and O–H groups in total. The monoisotopic (exact) mass is 381 g/mol. The smallest absolute Gasteiger partial charge is 0.225 e. The molecular weight excluding hydrogens is 354 g/mol. The van der Waals surface area contributed by atoms with Gasteiger partial charge in [-0.15, -0.1) is 0 Å². The molecule has 148 valence electrons. The van der Waals surface area contributed by atoms with Crippen molar-refractivity contribution in [2.45, 2.75) is 32.6 Å². The molecule has 2 aromatic rings. The minimum absolute atomic E-state index is 0.0216. The van der Waals surface area contributed by atoms with Crippen molar-refractivity contribution in [1.29, 1.82) is 0 Å². The van der Waals surface area contributed by atoms with Crippen molar-refractivity contribution in [3.05, 3.63) is 48.3 Å². The van der Waals surface area contributed by atoms with E-state index in [1.165, 1.54) is 5.56 Å². The zero-order chi connectivity index (χ0) is 19.8. The first-order valence-corrected chi connectivity index (χ1v) is 9.84. The number of amides is 2. The van der Waals surface area contributed by atoms with Gasteiger partial charge >= 0.3 is 0 Å². The lowest BCUT2D eigenvalue weighted by Crippen LogP contribution is -2.35. The zero-order valence-electron chi connectivity index (χ0n) is 16.3. The molecule has 0 unspecified atom stereocenters. The molecule has 1 fully saturated rings. The Labute approximate surface area is 165 Å². The molecular formula is C21H27N5O2. The van der Waals surface area contributed by atoms with Gasteiger partial charge in [0, 0.05) is 57.1 Å². The lowest BCUT2D eigenvalue weighted by molar-refractivity contribution is -0.132. The van der Waals surface area contributed by atoms with Crippen molar-refractivity contribution in [2.75, 3.05) is 36.4 Å². The van der Waals surface area contributed by atoms with Crippen molar-refractivity contribution < 1.29 is 9.59 Å². The maximum Gasteiger partial charge on any atom is 0.225 e. The minimum atomic E-state index is -0.129. The highest BCUT2D eigenvalue weighted by molar-refractivity contribution is 5.93. The third-order valence-electron chi connectivity index (χ3n) is 4.87. The highest BCUT2D eigenvalue weighted by atomic mass is 16.2. The number of hydrogen-bond acceptors (Lipinski definition) is 5. The molecule has 1 aromatic carbocycles. The second-order valence-electron chi connectivity index (χ2n) is 6.87. The van der Waals surface area contributed by atoms with E-state index in [1.807, 2.05) is 29.2 Å². The third-order valence-corrected chi connectivity index (χ3v) is 4.87. The van der Waals surface area contributed by atoms with Gasteiger partial charge in [0.05, 0.1) is 0 Å². The van der Waals surface area contributed by atoms with Crippen molar-refractivity contribution in [1.82, 2.24) is 14.9 Å². The molecule has 1 aromatic heterocycles. The van der Waals surface area contributed by atoms with Gasteiger partial charge in [-0.05, 0) is 36.6 Å². The number of aromatic nitrogens is 2. The second-order valence-corrected chi connectivity index (χ2v) is 6.87. The number of carbonyl (C=O) groups excluding carboxylic acids is 2. The summed E-state index contributed by atoms with van der Waals surface area (Å²) >= 11 is 0. The summed E-state index contributed by atoms with van der Waals surface area (Å²) in [4.78, 5) is 37.3. The number of nitrogens with zero attached hydrogens (tertiary/aromatic N) is 4. The first kappa shape index (κ1) is 19.8. The molecule has 28 heavy (non-hydrogen) atoms. The molecule has 2 amide bonds. The summed E-state index contributed by atoms with van der Waals surface area (Å²) in [6.45, 7) is 4.92. The van der Waals surface area contributed by atoms with E-state index in [2.05, 4.69) is 27.1 Å². The second kappa shape index (κ2) is 9.82. The Balaban J connectivity index is 1.46. The van der Waals surface area contributed by atoms with E-state index in [-0.39, 0.29) is 24.7 Å². The quantitative estimate of drug-likeness (QED) is 0.832. The summed E-state index contributed by atoms with van der Waals surface area (Å²) in [5.41, 5.74) is 1.95. The number of rotatable bonds is 6. The van der Waals surface area contributed by atoms with Crippen molar-refractivity contribution in [2.24, 2.45) is 0 Å². The van der Waals surface area contributed by atoms with Gasteiger partial charge in [0.1, 0.15) is 0 Å². The van der Waals surface area contributed by atoms with Gasteiger partial charge in [-0.25, -0.2) is 9.97 Å². The van der Waals surface area contributed by atoms with Crippen molar-refractivity contribution >= 4 is 23.5 Å². The first-order valence-electron chi connectivity index (χ1n) is 9.84. The topological polar surface area (TPSA) is 78.4 Å². The molecule has 1 aliphatic heterocycles. The van der Waals surface area contributed by atoms with E-state index in [4.69, 9.17) is 0 Å². The SMILES string of the molecule is CCc1cccc(NC(=O)CCC(=O)N2CCCN(c3ncccn3)CC2)c1. The minimum Gasteiger partial charge on any atom is -0.341 e. The van der Waals surface area contributed by atoms with E-state index < -0.39 is 0 Å². The highest BCUT2D eigenvalue weighted by Gasteiger charge is 2.20. The number of carbonyl (C=O) groups is 2. The van der Waals surface area contributed by atoms with Crippen LogP contribution >= 0.6 is 0 Å². The van der Waals surface area contributed by atoms with Crippen LogP contribution in [-0.2, 0) is 16.0 Å². The summed E-state index contributed by atoms with van der Waals surface area (Å²) in [6, 6.07) is 9.59. The summed E-state index contributed by atoms with van der Waals surface area (Å²) in [7, 11) is 0. The fourth-order valence-electron chi connectivity index (χ4n) is 3.29. The average molecular weight is 381 g/mol. The molecule has 0 atom stereocenters. The van der Waals surface area contributed by atoms with Gasteiger partial charge in [0.2, 0.25) is 17.8 Å². The zero-order valence-corrected chi connectivity index (χ0v) is 16.3. The van der Waals surface area contributed by atoms with Crippen LogP contribution in [0.5, 0.6) is 0 Å². The van der Waals surface area contributed by atoms with Crippen LogP contribution in [0.4, 0.5) is 11.6 Å². The van der Waals surface area contributed by atoms with Gasteiger partial charge in [-0.2, -0.15) is 0 Å². The van der Waals surface area contributed by atoms with Crippen LogP contribution in [0.25, 0.3) is 0 Å². The van der Waals surface area contributed by atoms with Crippen LogP contribution < -0.4 is 10.2 Å². The lowest BCUT2D eigenvalue weighted by Gasteiger charge is -2.22. The summed E-state index contributed by atoms with van der Waals surface area (Å²) in [6.07, 6.45) is 5.65. The molecule has 0 spiro atoms. The van der Waals surface area contributed by atoms with Gasteiger partial charge in [-0.1, -0.05) is 19.1 Å². The maximum absolute atomic E-state index is 12.5. The number of anilines is 2. The van der Waals surface area contributed by atoms with Crippen molar-refractivity contribution in [3.63, 3.8) is 0 Å². The van der Waals surface area contributed by atoms with E-state index in [0.717, 1.165) is 25.1 Å². The van der Waals surface area contributed by atoms with E-state index in [0.29, 0.717) is 25.6 Å². The highest BCUT2D eigenvalue weighted by Crippen LogP contribution is 2.13. The molecule has 0 saturated carbocycles. The molecule has 0 radical (unpaired) electrons. The summed E-state index contributed by atoms with van der Waals surface area (Å²) < 4.78 is 0. The first-order chi connectivity index (χ1) is 13.7. The van der Waals surface area contributed by atoms with E-state index in [1.54, 1.807) is 18.5 Å². The normalized spacial score (nSPS) is 14.5. The van der Waals surface area contributed by atoms with Crippen molar-refractivity contribution in [3.8, 4) is 0 Å². The van der Waals surface area contributed by atoms with Crippen LogP contribution in [0.15, 0.2) is 42.7 Å². The van der Waals surface area contributed by atoms with E-state index >= 15 is 0 Å². The predicted octanol–water partition coefficient (Wildman–Crippen LogP) is 2.50. The summed E-state index contributed by atoms with van der Waals surface area (Å²) in [5, 5.41) is 2.88. The molecule has 0 bridgehead atoms. The van der Waals surface area contributed by atoms with Gasteiger partial charge < -0.3 is 15.1 Å². The lowest BCUT2D eigenvalue weighted by atomic mass is 10.1.